The summed E-state index contributed by atoms with van der Waals surface area (Å²) >= 11 is 0. The second-order valence-corrected chi connectivity index (χ2v) is 8.92. The third-order valence-electron chi connectivity index (χ3n) is 7.95. The number of carbonyl (C=O) groups is 1. The van der Waals surface area contributed by atoms with Crippen molar-refractivity contribution >= 4 is 6.29 Å². The summed E-state index contributed by atoms with van der Waals surface area (Å²) in [6.45, 7) is 6.92. The molecule has 0 aromatic heterocycles. The molecule has 0 spiro atoms. The molecule has 2 nitrogen and oxygen atoms in total. The van der Waals surface area contributed by atoms with Crippen molar-refractivity contribution < 1.29 is 9.53 Å². The van der Waals surface area contributed by atoms with Gasteiger partial charge in [-0.15, -0.1) is 0 Å². The van der Waals surface area contributed by atoms with Gasteiger partial charge in [-0.2, -0.15) is 0 Å². The van der Waals surface area contributed by atoms with Gasteiger partial charge in [0.25, 0.3) is 0 Å². The lowest BCUT2D eigenvalue weighted by molar-refractivity contribution is -0.105. The molecule has 1 aliphatic heterocycles. The molecule has 3 aliphatic carbocycles. The van der Waals surface area contributed by atoms with Crippen LogP contribution >= 0.6 is 0 Å². The van der Waals surface area contributed by atoms with Crippen molar-refractivity contribution in [1.82, 2.24) is 0 Å². The zero-order chi connectivity index (χ0) is 15.4. The summed E-state index contributed by atoms with van der Waals surface area (Å²) in [6.07, 6.45) is 12.4. The maximum Gasteiger partial charge on any atom is 0.145 e. The summed E-state index contributed by atoms with van der Waals surface area (Å²) in [5.74, 6) is 3.16. The number of allylic oxidation sites excluding steroid dienone is 2. The van der Waals surface area contributed by atoms with Crippen molar-refractivity contribution in [1.29, 1.82) is 0 Å². The average Bonchev–Trinajstić information content (AvgIpc) is 2.73. The molecule has 0 radical (unpaired) electrons. The molecule has 122 valence electrons. The fourth-order valence-corrected chi connectivity index (χ4v) is 6.71. The lowest BCUT2D eigenvalue weighted by Gasteiger charge is -2.58. The fraction of sp³-hybridized carbons (Fsp3) is 0.850. The first-order chi connectivity index (χ1) is 10.6. The van der Waals surface area contributed by atoms with E-state index in [1.807, 2.05) is 0 Å². The Balaban J connectivity index is 1.64. The quantitative estimate of drug-likeness (QED) is 0.671. The van der Waals surface area contributed by atoms with E-state index in [1.54, 1.807) is 0 Å². The minimum absolute atomic E-state index is 0.293. The molecule has 4 aliphatic rings. The predicted octanol–water partition coefficient (Wildman–Crippen LogP) is 4.39. The summed E-state index contributed by atoms with van der Waals surface area (Å²) in [5, 5.41) is 0. The highest BCUT2D eigenvalue weighted by atomic mass is 16.5. The predicted molar refractivity (Wildman–Crippen MR) is 87.5 cm³/mol. The van der Waals surface area contributed by atoms with Crippen molar-refractivity contribution in [3.8, 4) is 0 Å². The summed E-state index contributed by atoms with van der Waals surface area (Å²) in [4.78, 5) is 11.3. The van der Waals surface area contributed by atoms with Gasteiger partial charge in [0.1, 0.15) is 6.29 Å². The van der Waals surface area contributed by atoms with Crippen LogP contribution in [0, 0.1) is 34.5 Å². The number of carbonyl (C=O) groups excluding carboxylic acids is 1. The van der Waals surface area contributed by atoms with Crippen LogP contribution in [0.25, 0.3) is 0 Å². The third kappa shape index (κ3) is 2.06. The van der Waals surface area contributed by atoms with E-state index in [0.29, 0.717) is 16.7 Å². The average molecular weight is 302 g/mol. The van der Waals surface area contributed by atoms with Gasteiger partial charge in [-0.3, -0.25) is 4.79 Å². The summed E-state index contributed by atoms with van der Waals surface area (Å²) in [7, 11) is 0. The molecule has 0 amide bonds. The maximum atomic E-state index is 11.3. The van der Waals surface area contributed by atoms with Gasteiger partial charge >= 0.3 is 0 Å². The summed E-state index contributed by atoms with van der Waals surface area (Å²) < 4.78 is 5.89. The molecule has 0 aromatic carbocycles. The van der Waals surface area contributed by atoms with E-state index >= 15 is 0 Å². The zero-order valence-corrected chi connectivity index (χ0v) is 14.1. The molecule has 1 saturated heterocycles. The molecule has 0 N–H and O–H groups in total. The van der Waals surface area contributed by atoms with Crippen LogP contribution in [-0.4, -0.2) is 19.5 Å². The van der Waals surface area contributed by atoms with Crippen LogP contribution in [0.5, 0.6) is 0 Å². The van der Waals surface area contributed by atoms with Crippen molar-refractivity contribution in [3.05, 3.63) is 11.6 Å². The van der Waals surface area contributed by atoms with Crippen molar-refractivity contribution in [3.63, 3.8) is 0 Å². The van der Waals surface area contributed by atoms with Crippen LogP contribution in [0.15, 0.2) is 11.6 Å². The van der Waals surface area contributed by atoms with Crippen LogP contribution in [-0.2, 0) is 9.53 Å². The third-order valence-corrected chi connectivity index (χ3v) is 7.95. The van der Waals surface area contributed by atoms with E-state index in [9.17, 15) is 4.79 Å². The second kappa shape index (κ2) is 5.19. The fourth-order valence-electron chi connectivity index (χ4n) is 6.71. The Morgan fingerprint density at radius 1 is 1.18 bits per heavy atom. The Bertz CT molecular complexity index is 496. The second-order valence-electron chi connectivity index (χ2n) is 8.92. The van der Waals surface area contributed by atoms with Gasteiger partial charge in [0.2, 0.25) is 0 Å². The molecule has 6 atom stereocenters. The number of rotatable bonds is 1. The molecule has 0 aromatic rings. The van der Waals surface area contributed by atoms with E-state index in [2.05, 4.69) is 19.9 Å². The molecule has 2 heteroatoms. The highest BCUT2D eigenvalue weighted by molar-refractivity contribution is 5.74. The number of ether oxygens (including phenoxy) is 1. The SMILES string of the molecule is CC12C=C(C=O)CC1C1CCC3COCCCC3(C)C1CC2. The van der Waals surface area contributed by atoms with Gasteiger partial charge in [-0.25, -0.2) is 0 Å². The molecule has 1 heterocycles. The minimum Gasteiger partial charge on any atom is -0.381 e. The number of hydrogen-bond acceptors (Lipinski definition) is 2. The molecule has 6 unspecified atom stereocenters. The monoisotopic (exact) mass is 302 g/mol. The van der Waals surface area contributed by atoms with E-state index in [0.717, 1.165) is 49.2 Å². The van der Waals surface area contributed by atoms with E-state index in [1.165, 1.54) is 38.5 Å². The molecule has 0 bridgehead atoms. The molecule has 2 saturated carbocycles. The topological polar surface area (TPSA) is 26.3 Å². The van der Waals surface area contributed by atoms with E-state index < -0.39 is 0 Å². The van der Waals surface area contributed by atoms with Crippen LogP contribution in [0.3, 0.4) is 0 Å². The molecule has 4 rings (SSSR count). The first kappa shape index (κ1) is 14.9. The van der Waals surface area contributed by atoms with Gasteiger partial charge in [0.15, 0.2) is 0 Å². The standard InChI is InChI=1S/C20H30O2/c1-19-8-6-17-16(18(19)10-14(11-19)12-21)5-4-15-13-22-9-3-7-20(15,17)2/h11-12,15-18H,3-10,13H2,1-2H3. The van der Waals surface area contributed by atoms with Gasteiger partial charge < -0.3 is 4.74 Å². The summed E-state index contributed by atoms with van der Waals surface area (Å²) in [6, 6.07) is 0. The highest BCUT2D eigenvalue weighted by Crippen LogP contribution is 2.64. The van der Waals surface area contributed by atoms with Gasteiger partial charge in [-0.1, -0.05) is 19.9 Å². The Kier molecular flexibility index (Phi) is 3.52. The Labute approximate surface area is 134 Å². The molecule has 22 heavy (non-hydrogen) atoms. The van der Waals surface area contributed by atoms with Crippen LogP contribution < -0.4 is 0 Å². The smallest absolute Gasteiger partial charge is 0.145 e. The van der Waals surface area contributed by atoms with Crippen molar-refractivity contribution in [2.75, 3.05) is 13.2 Å². The Hall–Kier alpha value is -0.630. The first-order valence-corrected chi connectivity index (χ1v) is 9.31. The lowest BCUT2D eigenvalue weighted by Crippen LogP contribution is -2.51. The number of aldehydes is 1. The van der Waals surface area contributed by atoms with Gasteiger partial charge in [0.05, 0.1) is 0 Å². The maximum absolute atomic E-state index is 11.3. The minimum atomic E-state index is 0.293. The zero-order valence-electron chi connectivity index (χ0n) is 14.1. The first-order valence-electron chi connectivity index (χ1n) is 9.31. The number of hydrogen-bond donors (Lipinski definition) is 0. The van der Waals surface area contributed by atoms with Gasteiger partial charge in [-0.05, 0) is 85.0 Å². The largest absolute Gasteiger partial charge is 0.381 e. The van der Waals surface area contributed by atoms with Crippen LogP contribution in [0.1, 0.15) is 58.8 Å². The molecular weight excluding hydrogens is 272 g/mol. The molecular formula is C20H30O2. The number of fused-ring (bicyclic) bond motifs is 5. The van der Waals surface area contributed by atoms with Crippen molar-refractivity contribution in [2.24, 2.45) is 34.5 Å². The lowest BCUT2D eigenvalue weighted by atomic mass is 9.47. The highest BCUT2D eigenvalue weighted by Gasteiger charge is 2.56. The summed E-state index contributed by atoms with van der Waals surface area (Å²) in [5.41, 5.74) is 1.84. The Morgan fingerprint density at radius 3 is 2.86 bits per heavy atom. The van der Waals surface area contributed by atoms with E-state index in [-0.39, 0.29) is 0 Å². The van der Waals surface area contributed by atoms with Gasteiger partial charge in [0, 0.05) is 13.2 Å². The van der Waals surface area contributed by atoms with E-state index in [4.69, 9.17) is 4.74 Å². The van der Waals surface area contributed by atoms with Crippen molar-refractivity contribution in [2.45, 2.75) is 58.8 Å². The Morgan fingerprint density at radius 2 is 2.05 bits per heavy atom. The van der Waals surface area contributed by atoms with Crippen LogP contribution in [0.2, 0.25) is 0 Å². The normalized spacial score (nSPS) is 51.1. The van der Waals surface area contributed by atoms with Crippen LogP contribution in [0.4, 0.5) is 0 Å². The molecule has 3 fully saturated rings.